The Morgan fingerprint density at radius 2 is 2.15 bits per heavy atom. The number of carboxylic acid groups (broad SMARTS) is 1. The van der Waals surface area contributed by atoms with Gasteiger partial charge in [-0.3, -0.25) is 9.59 Å². The highest BCUT2D eigenvalue weighted by Gasteiger charge is 2.32. The van der Waals surface area contributed by atoms with Crippen molar-refractivity contribution < 1.29 is 14.7 Å². The van der Waals surface area contributed by atoms with E-state index >= 15 is 0 Å². The highest BCUT2D eigenvalue weighted by Crippen LogP contribution is 2.31. The number of hydrogen-bond donors (Lipinski definition) is 2. The van der Waals surface area contributed by atoms with Crippen LogP contribution in [0.5, 0.6) is 0 Å². The monoisotopic (exact) mass is 295 g/mol. The quantitative estimate of drug-likeness (QED) is 0.897. The molecule has 1 fully saturated rings. The van der Waals surface area contributed by atoms with Crippen LogP contribution in [0.25, 0.3) is 0 Å². The number of carbonyl (C=O) groups is 2. The zero-order valence-electron chi connectivity index (χ0n) is 11.4. The summed E-state index contributed by atoms with van der Waals surface area (Å²) >= 11 is 6.04. The van der Waals surface area contributed by atoms with E-state index in [2.05, 4.69) is 5.32 Å². The number of rotatable bonds is 4. The first-order valence-electron chi connectivity index (χ1n) is 6.76. The van der Waals surface area contributed by atoms with Crippen molar-refractivity contribution >= 4 is 23.5 Å². The number of amides is 1. The molecule has 0 spiro atoms. The average Bonchev–Trinajstić information content (AvgIpc) is 2.84. The van der Waals surface area contributed by atoms with Crippen LogP contribution in [0.15, 0.2) is 18.2 Å². The van der Waals surface area contributed by atoms with E-state index in [1.807, 2.05) is 13.0 Å². The van der Waals surface area contributed by atoms with Crippen LogP contribution in [-0.2, 0) is 4.79 Å². The summed E-state index contributed by atoms with van der Waals surface area (Å²) in [4.78, 5) is 23.2. The van der Waals surface area contributed by atoms with Gasteiger partial charge in [0.25, 0.3) is 5.91 Å². The number of aliphatic carboxylic acids is 1. The Balaban J connectivity index is 1.97. The van der Waals surface area contributed by atoms with Crippen LogP contribution in [0, 0.1) is 18.8 Å². The number of nitrogens with one attached hydrogen (secondary N) is 1. The average molecular weight is 296 g/mol. The zero-order valence-corrected chi connectivity index (χ0v) is 12.1. The molecule has 20 heavy (non-hydrogen) atoms. The molecule has 1 aromatic carbocycles. The molecule has 1 amide bonds. The number of benzene rings is 1. The van der Waals surface area contributed by atoms with Crippen molar-refractivity contribution in [2.75, 3.05) is 6.54 Å². The lowest BCUT2D eigenvalue weighted by Gasteiger charge is -2.16. The first kappa shape index (κ1) is 14.9. The van der Waals surface area contributed by atoms with Crippen molar-refractivity contribution in [3.8, 4) is 0 Å². The van der Waals surface area contributed by atoms with E-state index < -0.39 is 5.97 Å². The summed E-state index contributed by atoms with van der Waals surface area (Å²) in [7, 11) is 0. The Morgan fingerprint density at radius 3 is 2.80 bits per heavy atom. The normalized spacial score (nSPS) is 21.7. The SMILES string of the molecule is Cc1ccc(C(=O)NCC2CCCC2C(=O)O)c(Cl)c1. The van der Waals surface area contributed by atoms with Crippen LogP contribution in [0.4, 0.5) is 0 Å². The molecule has 5 heteroatoms. The fraction of sp³-hybridized carbons (Fsp3) is 0.467. The lowest BCUT2D eigenvalue weighted by Crippen LogP contribution is -2.33. The number of hydrogen-bond acceptors (Lipinski definition) is 2. The second-order valence-corrected chi connectivity index (χ2v) is 5.74. The van der Waals surface area contributed by atoms with E-state index in [0.717, 1.165) is 18.4 Å². The summed E-state index contributed by atoms with van der Waals surface area (Å²) in [6.45, 7) is 2.30. The molecular weight excluding hydrogens is 278 g/mol. The Hall–Kier alpha value is -1.55. The van der Waals surface area contributed by atoms with Gasteiger partial charge in [-0.1, -0.05) is 24.1 Å². The highest BCUT2D eigenvalue weighted by molar-refractivity contribution is 6.33. The molecule has 1 aromatic rings. The lowest BCUT2D eigenvalue weighted by atomic mass is 9.96. The molecule has 0 saturated heterocycles. The molecule has 0 aliphatic heterocycles. The van der Waals surface area contributed by atoms with E-state index in [0.29, 0.717) is 23.6 Å². The molecular formula is C15H18ClNO3. The largest absolute Gasteiger partial charge is 0.481 e. The minimum absolute atomic E-state index is 0.0145. The number of aryl methyl sites for hydroxylation is 1. The molecule has 0 heterocycles. The van der Waals surface area contributed by atoms with Crippen molar-refractivity contribution in [1.29, 1.82) is 0 Å². The van der Waals surface area contributed by atoms with E-state index in [1.54, 1.807) is 12.1 Å². The van der Waals surface area contributed by atoms with Crippen LogP contribution in [0.1, 0.15) is 35.2 Å². The topological polar surface area (TPSA) is 66.4 Å². The standard InChI is InChI=1S/C15H18ClNO3/c1-9-5-6-12(13(16)7-9)14(18)17-8-10-3-2-4-11(10)15(19)20/h5-7,10-11H,2-4,8H2,1H3,(H,17,18)(H,19,20). The Bertz CT molecular complexity index is 530. The second kappa shape index (κ2) is 6.27. The van der Waals surface area contributed by atoms with Gasteiger partial charge in [0, 0.05) is 6.54 Å². The molecule has 4 nitrogen and oxygen atoms in total. The van der Waals surface area contributed by atoms with E-state index in [1.165, 1.54) is 0 Å². The predicted octanol–water partition coefficient (Wildman–Crippen LogP) is 2.88. The Kier molecular flexibility index (Phi) is 4.65. The molecule has 1 aliphatic carbocycles. The zero-order chi connectivity index (χ0) is 14.7. The van der Waals surface area contributed by atoms with Crippen LogP contribution in [0.3, 0.4) is 0 Å². The third-order valence-corrected chi connectivity index (χ3v) is 4.18. The van der Waals surface area contributed by atoms with Crippen LogP contribution in [-0.4, -0.2) is 23.5 Å². The molecule has 1 aliphatic rings. The Morgan fingerprint density at radius 1 is 1.40 bits per heavy atom. The molecule has 1 saturated carbocycles. The number of carbonyl (C=O) groups excluding carboxylic acids is 1. The van der Waals surface area contributed by atoms with Gasteiger partial charge in [0.2, 0.25) is 0 Å². The highest BCUT2D eigenvalue weighted by atomic mass is 35.5. The summed E-state index contributed by atoms with van der Waals surface area (Å²) in [6.07, 6.45) is 2.45. The van der Waals surface area contributed by atoms with Crippen molar-refractivity contribution in [2.45, 2.75) is 26.2 Å². The maximum atomic E-state index is 12.1. The van der Waals surface area contributed by atoms with Gasteiger partial charge in [-0.05, 0) is 43.4 Å². The minimum Gasteiger partial charge on any atom is -0.481 e. The van der Waals surface area contributed by atoms with E-state index in [-0.39, 0.29) is 17.7 Å². The summed E-state index contributed by atoms with van der Waals surface area (Å²) in [5.74, 6) is -1.34. The van der Waals surface area contributed by atoms with Gasteiger partial charge in [-0.25, -0.2) is 0 Å². The van der Waals surface area contributed by atoms with Crippen molar-refractivity contribution in [1.82, 2.24) is 5.32 Å². The summed E-state index contributed by atoms with van der Waals surface area (Å²) in [5.41, 5.74) is 1.43. The second-order valence-electron chi connectivity index (χ2n) is 5.33. The van der Waals surface area contributed by atoms with Gasteiger partial charge in [-0.2, -0.15) is 0 Å². The predicted molar refractivity (Wildman–Crippen MR) is 77.0 cm³/mol. The van der Waals surface area contributed by atoms with Gasteiger partial charge in [-0.15, -0.1) is 0 Å². The van der Waals surface area contributed by atoms with Crippen molar-refractivity contribution in [3.63, 3.8) is 0 Å². The van der Waals surface area contributed by atoms with Crippen molar-refractivity contribution in [3.05, 3.63) is 34.3 Å². The maximum absolute atomic E-state index is 12.1. The number of carboxylic acids is 1. The summed E-state index contributed by atoms with van der Waals surface area (Å²) in [6, 6.07) is 5.26. The van der Waals surface area contributed by atoms with Crippen molar-refractivity contribution in [2.24, 2.45) is 11.8 Å². The van der Waals surface area contributed by atoms with Crippen LogP contribution in [0.2, 0.25) is 5.02 Å². The molecule has 0 bridgehead atoms. The molecule has 0 radical (unpaired) electrons. The smallest absolute Gasteiger partial charge is 0.306 e. The molecule has 108 valence electrons. The molecule has 2 rings (SSSR count). The third kappa shape index (κ3) is 3.31. The van der Waals surface area contributed by atoms with Gasteiger partial charge in [0.1, 0.15) is 0 Å². The fourth-order valence-electron chi connectivity index (χ4n) is 2.73. The van der Waals surface area contributed by atoms with Crippen LogP contribution >= 0.6 is 11.6 Å². The minimum atomic E-state index is -0.768. The molecule has 2 unspecified atom stereocenters. The maximum Gasteiger partial charge on any atom is 0.306 e. The van der Waals surface area contributed by atoms with Gasteiger partial charge in [0.05, 0.1) is 16.5 Å². The first-order chi connectivity index (χ1) is 9.49. The molecule has 2 N–H and O–H groups in total. The van der Waals surface area contributed by atoms with Gasteiger partial charge >= 0.3 is 5.97 Å². The number of halogens is 1. The van der Waals surface area contributed by atoms with E-state index in [4.69, 9.17) is 16.7 Å². The van der Waals surface area contributed by atoms with E-state index in [9.17, 15) is 9.59 Å². The Labute approximate surface area is 123 Å². The van der Waals surface area contributed by atoms with Crippen LogP contribution < -0.4 is 5.32 Å². The summed E-state index contributed by atoms with van der Waals surface area (Å²) in [5, 5.41) is 12.3. The molecule has 2 atom stereocenters. The summed E-state index contributed by atoms with van der Waals surface area (Å²) < 4.78 is 0. The van der Waals surface area contributed by atoms with Gasteiger partial charge in [0.15, 0.2) is 0 Å². The third-order valence-electron chi connectivity index (χ3n) is 3.87. The molecule has 0 aromatic heterocycles. The lowest BCUT2D eigenvalue weighted by molar-refractivity contribution is -0.142. The van der Waals surface area contributed by atoms with Gasteiger partial charge < -0.3 is 10.4 Å². The first-order valence-corrected chi connectivity index (χ1v) is 7.14. The fourth-order valence-corrected chi connectivity index (χ4v) is 3.05.